The van der Waals surface area contributed by atoms with E-state index in [4.69, 9.17) is 4.74 Å². The molecule has 6 rings (SSSR count). The topological polar surface area (TPSA) is 89.1 Å². The van der Waals surface area contributed by atoms with Crippen molar-refractivity contribution in [3.05, 3.63) is 59.3 Å². The number of likely N-dealkylation sites (tertiary alicyclic amines) is 1. The highest BCUT2D eigenvalue weighted by atomic mass is 16.5. The number of fused-ring (bicyclic) bond motifs is 4. The number of ether oxygens (including phenoxy) is 1. The van der Waals surface area contributed by atoms with Crippen molar-refractivity contribution in [3.8, 4) is 11.5 Å². The average Bonchev–Trinajstić information content (AvgIpc) is 3.54. The molecular weight excluding hydrogens is 444 g/mol. The van der Waals surface area contributed by atoms with Crippen LogP contribution < -0.4 is 4.74 Å². The largest absolute Gasteiger partial charge is 0.508 e. The monoisotopic (exact) mass is 474 g/mol. The maximum Gasteiger partial charge on any atom is 0.328 e. The number of aromatic amines is 1. The zero-order chi connectivity index (χ0) is 24.3. The molecule has 2 aromatic carbocycles. The Kier molecular flexibility index (Phi) is 5.03. The second-order valence-electron chi connectivity index (χ2n) is 10.0. The van der Waals surface area contributed by atoms with E-state index in [-0.39, 0.29) is 17.7 Å². The molecule has 2 N–H and O–H groups in total. The number of methoxy groups -OCH3 is 1. The summed E-state index contributed by atoms with van der Waals surface area (Å²) in [4.78, 5) is 36.7. The highest BCUT2D eigenvalue weighted by molar-refractivity contribution is 6.08. The standard InChI is InChI=1S/C27H30N4O4/c1-27-16-21-20-15-19(35-2)8-9-22(20)28-23(21)24(17-6-5-7-18(32)14-17)31(27)26(34)30(25(27)33)13-12-29-10-3-4-11-29/h5-9,14-15,24,28,32H,3-4,10-13,16H2,1-2H3. The third-order valence-corrected chi connectivity index (χ3v) is 7.90. The number of nitrogens with one attached hydrogen (secondary N) is 1. The Morgan fingerprint density at radius 3 is 2.66 bits per heavy atom. The van der Waals surface area contributed by atoms with E-state index < -0.39 is 11.6 Å². The van der Waals surface area contributed by atoms with Crippen molar-refractivity contribution >= 4 is 22.8 Å². The lowest BCUT2D eigenvalue weighted by atomic mass is 9.81. The highest BCUT2D eigenvalue weighted by Gasteiger charge is 2.60. The van der Waals surface area contributed by atoms with Gasteiger partial charge in [0, 0.05) is 36.1 Å². The Bertz CT molecular complexity index is 1330. The quantitative estimate of drug-likeness (QED) is 0.551. The van der Waals surface area contributed by atoms with Crippen molar-refractivity contribution in [1.82, 2.24) is 19.7 Å². The van der Waals surface area contributed by atoms with Gasteiger partial charge in [0.2, 0.25) is 0 Å². The number of aromatic hydroxyl groups is 1. The third-order valence-electron chi connectivity index (χ3n) is 7.90. The van der Waals surface area contributed by atoms with E-state index >= 15 is 0 Å². The number of amides is 3. The van der Waals surface area contributed by atoms with E-state index in [0.29, 0.717) is 19.5 Å². The van der Waals surface area contributed by atoms with Gasteiger partial charge in [0.05, 0.1) is 7.11 Å². The second kappa shape index (κ2) is 8.02. The van der Waals surface area contributed by atoms with Gasteiger partial charge < -0.3 is 19.7 Å². The van der Waals surface area contributed by atoms with E-state index in [2.05, 4.69) is 9.88 Å². The van der Waals surface area contributed by atoms with Gasteiger partial charge in [-0.15, -0.1) is 0 Å². The fraction of sp³-hybridized carbons (Fsp3) is 0.407. The minimum Gasteiger partial charge on any atom is -0.508 e. The van der Waals surface area contributed by atoms with Crippen LogP contribution in [0.5, 0.6) is 11.5 Å². The molecular formula is C27H30N4O4. The van der Waals surface area contributed by atoms with Crippen LogP contribution in [0.4, 0.5) is 4.79 Å². The van der Waals surface area contributed by atoms with Gasteiger partial charge in [0.1, 0.15) is 23.1 Å². The van der Waals surface area contributed by atoms with Crippen molar-refractivity contribution in [3.63, 3.8) is 0 Å². The fourth-order valence-corrected chi connectivity index (χ4v) is 6.11. The number of hydrogen-bond donors (Lipinski definition) is 2. The number of H-pyrrole nitrogens is 1. The van der Waals surface area contributed by atoms with Crippen molar-refractivity contribution in [2.24, 2.45) is 0 Å². The number of benzene rings is 2. The number of carbonyl (C=O) groups is 2. The SMILES string of the molecule is COc1ccc2[nH]c3c(c2c1)CC1(C)C(=O)N(CCN2CCCC2)C(=O)N1C3c1cccc(O)c1. The minimum absolute atomic E-state index is 0.123. The summed E-state index contributed by atoms with van der Waals surface area (Å²) in [6.45, 7) is 4.99. The van der Waals surface area contributed by atoms with Gasteiger partial charge in [-0.05, 0) is 74.3 Å². The Morgan fingerprint density at radius 1 is 1.11 bits per heavy atom. The number of rotatable bonds is 5. The molecule has 8 nitrogen and oxygen atoms in total. The molecule has 182 valence electrons. The first-order valence-electron chi connectivity index (χ1n) is 12.3. The molecule has 0 aliphatic carbocycles. The zero-order valence-electron chi connectivity index (χ0n) is 20.1. The molecule has 0 bridgehead atoms. The molecule has 3 aliphatic rings. The van der Waals surface area contributed by atoms with Gasteiger partial charge in [-0.25, -0.2) is 4.79 Å². The maximum atomic E-state index is 13.9. The van der Waals surface area contributed by atoms with Gasteiger partial charge >= 0.3 is 6.03 Å². The van der Waals surface area contributed by atoms with E-state index in [1.54, 1.807) is 30.2 Å². The number of urea groups is 1. The number of aromatic nitrogens is 1. The molecule has 2 unspecified atom stereocenters. The predicted molar refractivity (Wildman–Crippen MR) is 132 cm³/mol. The Hall–Kier alpha value is -3.52. The van der Waals surface area contributed by atoms with E-state index in [0.717, 1.165) is 59.4 Å². The lowest BCUT2D eigenvalue weighted by molar-refractivity contribution is -0.133. The Morgan fingerprint density at radius 2 is 1.91 bits per heavy atom. The molecule has 1 aromatic heterocycles. The maximum absolute atomic E-state index is 13.9. The molecule has 3 aliphatic heterocycles. The highest BCUT2D eigenvalue weighted by Crippen LogP contribution is 2.49. The summed E-state index contributed by atoms with van der Waals surface area (Å²) in [5.74, 6) is 0.703. The van der Waals surface area contributed by atoms with Gasteiger partial charge in [-0.3, -0.25) is 14.6 Å². The van der Waals surface area contributed by atoms with Crippen LogP contribution in [-0.4, -0.2) is 75.6 Å². The molecule has 2 saturated heterocycles. The molecule has 8 heteroatoms. The molecule has 0 saturated carbocycles. The van der Waals surface area contributed by atoms with Crippen molar-refractivity contribution in [1.29, 1.82) is 0 Å². The lowest BCUT2D eigenvalue weighted by Gasteiger charge is -2.42. The summed E-state index contributed by atoms with van der Waals surface area (Å²) in [6.07, 6.45) is 2.74. The van der Waals surface area contributed by atoms with Gasteiger partial charge in [-0.1, -0.05) is 12.1 Å². The first kappa shape index (κ1) is 22.0. The van der Waals surface area contributed by atoms with Crippen LogP contribution in [-0.2, 0) is 11.2 Å². The van der Waals surface area contributed by atoms with Crippen LogP contribution in [0.25, 0.3) is 10.9 Å². The smallest absolute Gasteiger partial charge is 0.328 e. The average molecular weight is 475 g/mol. The normalized spacial score (nSPS) is 24.3. The van der Waals surface area contributed by atoms with Gasteiger partial charge in [-0.2, -0.15) is 0 Å². The van der Waals surface area contributed by atoms with Gasteiger partial charge in [0.15, 0.2) is 0 Å². The summed E-state index contributed by atoms with van der Waals surface area (Å²) in [6, 6.07) is 12.0. The Balaban J connectivity index is 1.48. The summed E-state index contributed by atoms with van der Waals surface area (Å²) in [7, 11) is 1.64. The fourth-order valence-electron chi connectivity index (χ4n) is 6.11. The molecule has 3 amide bonds. The number of phenolic OH excluding ortho intramolecular Hbond substituents is 1. The molecule has 2 atom stereocenters. The molecule has 4 heterocycles. The number of imide groups is 1. The van der Waals surface area contributed by atoms with E-state index in [1.165, 1.54) is 4.90 Å². The van der Waals surface area contributed by atoms with Crippen LogP contribution in [0.1, 0.15) is 42.6 Å². The summed E-state index contributed by atoms with van der Waals surface area (Å²) in [5, 5.41) is 11.3. The molecule has 0 radical (unpaired) electrons. The summed E-state index contributed by atoms with van der Waals surface area (Å²) >= 11 is 0. The minimum atomic E-state index is -1.02. The van der Waals surface area contributed by atoms with Crippen molar-refractivity contribution in [2.45, 2.75) is 37.8 Å². The molecule has 35 heavy (non-hydrogen) atoms. The lowest BCUT2D eigenvalue weighted by Crippen LogP contribution is -2.53. The third kappa shape index (κ3) is 3.31. The van der Waals surface area contributed by atoms with Crippen LogP contribution in [0.2, 0.25) is 0 Å². The summed E-state index contributed by atoms with van der Waals surface area (Å²) < 4.78 is 5.47. The summed E-state index contributed by atoms with van der Waals surface area (Å²) in [5.41, 5.74) is 2.55. The number of nitrogens with zero attached hydrogens (tertiary/aromatic N) is 3. The van der Waals surface area contributed by atoms with Crippen molar-refractivity contribution < 1.29 is 19.4 Å². The zero-order valence-corrected chi connectivity index (χ0v) is 20.1. The van der Waals surface area contributed by atoms with Gasteiger partial charge in [0.25, 0.3) is 5.91 Å². The van der Waals surface area contributed by atoms with E-state index in [1.807, 2.05) is 31.2 Å². The second-order valence-corrected chi connectivity index (χ2v) is 10.0. The number of hydrogen-bond acceptors (Lipinski definition) is 5. The Labute approximate surface area is 204 Å². The van der Waals surface area contributed by atoms with Crippen LogP contribution in [0.3, 0.4) is 0 Å². The van der Waals surface area contributed by atoms with Crippen LogP contribution in [0.15, 0.2) is 42.5 Å². The van der Waals surface area contributed by atoms with Crippen LogP contribution in [0, 0.1) is 0 Å². The first-order chi connectivity index (χ1) is 16.9. The van der Waals surface area contributed by atoms with E-state index in [9.17, 15) is 14.7 Å². The molecule has 3 aromatic rings. The molecule has 0 spiro atoms. The number of phenols is 1. The molecule has 2 fully saturated rings. The van der Waals surface area contributed by atoms with Crippen LogP contribution >= 0.6 is 0 Å². The number of carbonyl (C=O) groups excluding carboxylic acids is 2. The predicted octanol–water partition coefficient (Wildman–Crippen LogP) is 3.65. The first-order valence-corrected chi connectivity index (χ1v) is 12.3. The van der Waals surface area contributed by atoms with Crippen molar-refractivity contribution in [2.75, 3.05) is 33.3 Å².